The Morgan fingerprint density at radius 2 is 1.73 bits per heavy atom. The standard InChI is InChI=1S/C27H32Cl2N8O4.C4H8/c1-4-21(38)33-17-7-5-6-8-18(17)34-26-32-12-16-14-36(24-22(28)19(40-2)9-20(41-3)23(24)29)27(39)37(25(16)35-26)13-15(10-30)11-31;1-2-4-3-1/h4,9-12,17-18,30H,1,5-8,13-14,31H2,2-3H3,(H,33,38)(H,32,34,35);1-4H2/b15-11+,30-10?;. The van der Waals surface area contributed by atoms with Gasteiger partial charge >= 0.3 is 6.03 Å². The first-order valence-electron chi connectivity index (χ1n) is 14.9. The number of fused-ring (bicyclic) bond motifs is 1. The Labute approximate surface area is 273 Å². The third-order valence-corrected chi connectivity index (χ3v) is 8.77. The van der Waals surface area contributed by atoms with Gasteiger partial charge in [0.25, 0.3) is 0 Å². The number of methoxy groups -OCH3 is 2. The number of halogens is 2. The van der Waals surface area contributed by atoms with Crippen molar-refractivity contribution in [2.24, 2.45) is 5.73 Å². The number of benzene rings is 1. The first-order valence-corrected chi connectivity index (χ1v) is 15.7. The average Bonchev–Trinajstić information content (AvgIpc) is 3.01. The molecule has 0 saturated heterocycles. The summed E-state index contributed by atoms with van der Waals surface area (Å²) in [6.45, 7) is 3.54. The lowest BCUT2D eigenvalue weighted by Crippen LogP contribution is -2.50. The molecule has 2 aromatic rings. The van der Waals surface area contributed by atoms with Gasteiger partial charge in [-0.3, -0.25) is 14.6 Å². The number of anilines is 3. The Morgan fingerprint density at radius 3 is 2.27 bits per heavy atom. The Hall–Kier alpha value is -4.03. The predicted molar refractivity (Wildman–Crippen MR) is 178 cm³/mol. The van der Waals surface area contributed by atoms with Crippen LogP contribution in [0.15, 0.2) is 36.7 Å². The van der Waals surface area contributed by atoms with Gasteiger partial charge in [-0.2, -0.15) is 4.98 Å². The van der Waals surface area contributed by atoms with Crippen LogP contribution >= 0.6 is 23.2 Å². The van der Waals surface area contributed by atoms with Crippen molar-refractivity contribution in [2.75, 3.05) is 35.9 Å². The maximum atomic E-state index is 14.0. The van der Waals surface area contributed by atoms with Crippen molar-refractivity contribution in [3.8, 4) is 11.5 Å². The van der Waals surface area contributed by atoms with Crippen molar-refractivity contribution in [3.63, 3.8) is 0 Å². The van der Waals surface area contributed by atoms with Crippen molar-refractivity contribution >= 4 is 58.8 Å². The van der Waals surface area contributed by atoms with E-state index in [2.05, 4.69) is 22.2 Å². The van der Waals surface area contributed by atoms with Crippen LogP contribution in [-0.4, -0.2) is 61.0 Å². The molecule has 14 heteroatoms. The summed E-state index contributed by atoms with van der Waals surface area (Å²) in [7, 11) is 2.89. The molecule has 3 aliphatic rings. The molecule has 2 fully saturated rings. The summed E-state index contributed by atoms with van der Waals surface area (Å²) in [5.41, 5.74) is 6.90. The molecule has 1 aliphatic heterocycles. The van der Waals surface area contributed by atoms with Crippen LogP contribution in [0.3, 0.4) is 0 Å². The number of nitrogens with zero attached hydrogens (tertiary/aromatic N) is 4. The minimum absolute atomic E-state index is 0.0451. The van der Waals surface area contributed by atoms with E-state index in [9.17, 15) is 9.59 Å². The molecule has 2 aliphatic carbocycles. The molecule has 2 atom stereocenters. The Bertz CT molecular complexity index is 1420. The van der Waals surface area contributed by atoms with E-state index in [1.165, 1.54) is 68.0 Å². The quantitative estimate of drug-likeness (QED) is 0.183. The highest BCUT2D eigenvalue weighted by atomic mass is 35.5. The number of nitrogens with one attached hydrogen (secondary N) is 3. The van der Waals surface area contributed by atoms with Gasteiger partial charge in [-0.25, -0.2) is 9.78 Å². The van der Waals surface area contributed by atoms with Gasteiger partial charge in [0.2, 0.25) is 11.9 Å². The molecular weight excluding hydrogens is 619 g/mol. The zero-order valence-corrected chi connectivity index (χ0v) is 27.1. The number of carbonyl (C=O) groups excluding carboxylic acids is 2. The summed E-state index contributed by atoms with van der Waals surface area (Å²) in [4.78, 5) is 38.0. The largest absolute Gasteiger partial charge is 0.495 e. The zero-order valence-electron chi connectivity index (χ0n) is 25.6. The minimum Gasteiger partial charge on any atom is -0.495 e. The maximum absolute atomic E-state index is 14.0. The van der Waals surface area contributed by atoms with Crippen molar-refractivity contribution in [1.29, 1.82) is 5.41 Å². The minimum atomic E-state index is -0.503. The summed E-state index contributed by atoms with van der Waals surface area (Å²) in [6.07, 6.45) is 14.8. The lowest BCUT2D eigenvalue weighted by Gasteiger charge is -2.37. The predicted octanol–water partition coefficient (Wildman–Crippen LogP) is 5.83. The lowest BCUT2D eigenvalue weighted by atomic mass is 9.90. The number of carbonyl (C=O) groups is 2. The fourth-order valence-corrected chi connectivity index (χ4v) is 5.88. The topological polar surface area (TPSA) is 159 Å². The van der Waals surface area contributed by atoms with Crippen molar-refractivity contribution in [2.45, 2.75) is 70.0 Å². The SMILES string of the molecule is C1CCC1.C=CC(=O)NC1CCCCC1Nc1ncc2c(n1)N(C/C(C=N)=C/N)C(=O)N(c1c(Cl)c(OC)cc(OC)c1Cl)C2. The molecule has 2 heterocycles. The molecule has 45 heavy (non-hydrogen) atoms. The van der Waals surface area contributed by atoms with Crippen LogP contribution in [0.5, 0.6) is 11.5 Å². The van der Waals surface area contributed by atoms with Gasteiger partial charge in [0.1, 0.15) is 27.4 Å². The molecule has 3 amide bonds. The molecule has 5 N–H and O–H groups in total. The molecule has 2 saturated carbocycles. The van der Waals surface area contributed by atoms with Crippen LogP contribution in [0.4, 0.5) is 22.2 Å². The molecule has 0 bridgehead atoms. The second-order valence-electron chi connectivity index (χ2n) is 10.9. The number of hydrogen-bond donors (Lipinski definition) is 4. The second kappa shape index (κ2) is 15.8. The van der Waals surface area contributed by atoms with Gasteiger partial charge < -0.3 is 31.3 Å². The van der Waals surface area contributed by atoms with Gasteiger partial charge in [0, 0.05) is 47.9 Å². The van der Waals surface area contributed by atoms with Crippen LogP contribution in [0.2, 0.25) is 10.0 Å². The number of nitrogens with two attached hydrogens (primary N) is 1. The lowest BCUT2D eigenvalue weighted by molar-refractivity contribution is -0.117. The summed E-state index contributed by atoms with van der Waals surface area (Å²) >= 11 is 13.3. The van der Waals surface area contributed by atoms with Crippen molar-refractivity contribution in [1.82, 2.24) is 15.3 Å². The van der Waals surface area contributed by atoms with E-state index in [1.807, 2.05) is 0 Å². The van der Waals surface area contributed by atoms with E-state index in [1.54, 1.807) is 6.20 Å². The maximum Gasteiger partial charge on any atom is 0.330 e. The molecule has 0 spiro atoms. The average molecular weight is 660 g/mol. The van der Waals surface area contributed by atoms with Crippen molar-refractivity contribution < 1.29 is 19.1 Å². The highest BCUT2D eigenvalue weighted by Gasteiger charge is 2.37. The Balaban J connectivity index is 0.00000107. The van der Waals surface area contributed by atoms with E-state index in [-0.39, 0.29) is 58.3 Å². The summed E-state index contributed by atoms with van der Waals surface area (Å²) in [5.74, 6) is 0.945. The molecule has 5 rings (SSSR count). The van der Waals surface area contributed by atoms with E-state index in [0.717, 1.165) is 31.9 Å². The number of aromatic nitrogens is 2. The highest BCUT2D eigenvalue weighted by molar-refractivity contribution is 6.42. The zero-order chi connectivity index (χ0) is 32.5. The first kappa shape index (κ1) is 33.9. The third kappa shape index (κ3) is 7.80. The Kier molecular flexibility index (Phi) is 11.9. The van der Waals surface area contributed by atoms with E-state index < -0.39 is 6.03 Å². The number of urea groups is 1. The van der Waals surface area contributed by atoms with Gasteiger partial charge in [-0.1, -0.05) is 68.3 Å². The smallest absolute Gasteiger partial charge is 0.330 e. The number of hydrogen-bond acceptors (Lipinski definition) is 9. The van der Waals surface area contributed by atoms with Crippen LogP contribution in [-0.2, 0) is 11.3 Å². The second-order valence-corrected chi connectivity index (χ2v) is 11.7. The van der Waals surface area contributed by atoms with Crippen LogP contribution < -0.4 is 35.6 Å². The fourth-order valence-electron chi connectivity index (χ4n) is 5.18. The number of amides is 3. The molecule has 12 nitrogen and oxygen atoms in total. The monoisotopic (exact) mass is 658 g/mol. The van der Waals surface area contributed by atoms with E-state index >= 15 is 0 Å². The van der Waals surface area contributed by atoms with Gasteiger partial charge in [-0.15, -0.1) is 0 Å². The highest BCUT2D eigenvalue weighted by Crippen LogP contribution is 2.48. The van der Waals surface area contributed by atoms with Crippen LogP contribution in [0, 0.1) is 5.41 Å². The molecule has 0 radical (unpaired) electrons. The summed E-state index contributed by atoms with van der Waals surface area (Å²) in [6, 6.07) is 0.795. The number of ether oxygens (including phenoxy) is 2. The third-order valence-electron chi connectivity index (χ3n) is 8.04. The van der Waals surface area contributed by atoms with Crippen LogP contribution in [0.25, 0.3) is 0 Å². The number of rotatable bonds is 10. The summed E-state index contributed by atoms with van der Waals surface area (Å²) in [5, 5.41) is 14.3. The van der Waals surface area contributed by atoms with Gasteiger partial charge in [-0.05, 0) is 18.9 Å². The van der Waals surface area contributed by atoms with Crippen LogP contribution in [0.1, 0.15) is 56.9 Å². The Morgan fingerprint density at radius 1 is 1.11 bits per heavy atom. The molecular formula is C31H40Cl2N8O4. The van der Waals surface area contributed by atoms with Crippen molar-refractivity contribution in [3.05, 3.63) is 52.3 Å². The normalized spacial score (nSPS) is 19.3. The van der Waals surface area contributed by atoms with Gasteiger partial charge in [0.15, 0.2) is 0 Å². The fraction of sp³-hybridized carbons (Fsp3) is 0.452. The van der Waals surface area contributed by atoms with Gasteiger partial charge in [0.05, 0.1) is 33.0 Å². The summed E-state index contributed by atoms with van der Waals surface area (Å²) < 4.78 is 10.8. The van der Waals surface area contributed by atoms with E-state index in [4.69, 9.17) is 48.8 Å². The molecule has 242 valence electrons. The molecule has 2 unspecified atom stereocenters. The van der Waals surface area contributed by atoms with E-state index in [0.29, 0.717) is 22.9 Å². The molecule has 1 aromatic heterocycles. The first-order chi connectivity index (χ1) is 21.8. The molecule has 1 aromatic carbocycles.